The zero-order valence-electron chi connectivity index (χ0n) is 17.4. The molecule has 0 radical (unpaired) electrons. The molecule has 0 aliphatic heterocycles. The van der Waals surface area contributed by atoms with Crippen LogP contribution in [0.3, 0.4) is 0 Å². The van der Waals surface area contributed by atoms with Crippen molar-refractivity contribution >= 4 is 0 Å². The van der Waals surface area contributed by atoms with Crippen LogP contribution in [0.5, 0.6) is 0 Å². The second kappa shape index (κ2) is 9.40. The maximum atomic E-state index is 14.1. The van der Waals surface area contributed by atoms with Gasteiger partial charge < -0.3 is 9.55 Å². The first-order chi connectivity index (χ1) is 15.3. The van der Waals surface area contributed by atoms with E-state index in [0.29, 0.717) is 17.2 Å². The Hall–Kier alpha value is -3.74. The van der Waals surface area contributed by atoms with Crippen LogP contribution in [0.1, 0.15) is 36.5 Å². The van der Waals surface area contributed by atoms with E-state index in [1.54, 1.807) is 30.3 Å². The summed E-state index contributed by atoms with van der Waals surface area (Å²) in [7, 11) is 0. The molecule has 0 spiro atoms. The van der Waals surface area contributed by atoms with E-state index in [0.717, 1.165) is 6.07 Å². The molecule has 4 aromatic rings. The molecule has 0 fully saturated rings. The first-order valence-corrected chi connectivity index (χ1v) is 9.48. The normalized spacial score (nSPS) is 10.7. The Balaban J connectivity index is 0.00000306. The van der Waals surface area contributed by atoms with Crippen LogP contribution in [0.25, 0.3) is 17.1 Å². The van der Waals surface area contributed by atoms with Crippen molar-refractivity contribution in [3.05, 3.63) is 95.3 Å². The van der Waals surface area contributed by atoms with E-state index >= 15 is 0 Å². The van der Waals surface area contributed by atoms with E-state index in [-0.39, 0.29) is 43.6 Å². The molecule has 0 bridgehead atoms. The molecular formula is C24H14F2N6Pt. The minimum atomic E-state index is -0.993. The second-order valence-electron chi connectivity index (χ2n) is 7.40. The minimum Gasteiger partial charge on any atom is -0.420 e. The van der Waals surface area contributed by atoms with Crippen molar-refractivity contribution in [2.45, 2.75) is 19.3 Å². The zero-order chi connectivity index (χ0) is 22.9. The van der Waals surface area contributed by atoms with Crippen molar-refractivity contribution in [1.29, 1.82) is 10.5 Å². The Bertz CT molecular complexity index is 1420. The van der Waals surface area contributed by atoms with Crippen molar-refractivity contribution in [3.63, 3.8) is 0 Å². The first kappa shape index (κ1) is 23.9. The second-order valence-corrected chi connectivity index (χ2v) is 7.40. The van der Waals surface area contributed by atoms with E-state index < -0.39 is 17.3 Å². The fourth-order valence-electron chi connectivity index (χ4n) is 3.26. The molecule has 4 aromatic heterocycles. The van der Waals surface area contributed by atoms with Gasteiger partial charge in [0.05, 0.1) is 11.9 Å². The van der Waals surface area contributed by atoms with Crippen molar-refractivity contribution in [2.75, 3.05) is 0 Å². The molecule has 0 aliphatic rings. The van der Waals surface area contributed by atoms with Crippen LogP contribution in [0.15, 0.2) is 48.5 Å². The van der Waals surface area contributed by atoms with Crippen LogP contribution in [-0.2, 0) is 26.5 Å². The summed E-state index contributed by atoms with van der Waals surface area (Å²) in [5.41, 5.74) is 1.09. The molecule has 0 N–H and O–H groups in total. The van der Waals surface area contributed by atoms with Crippen LogP contribution in [-0.4, -0.2) is 19.5 Å². The predicted molar refractivity (Wildman–Crippen MR) is 110 cm³/mol. The topological polar surface area (TPSA) is 91.2 Å². The Morgan fingerprint density at radius 3 is 2.30 bits per heavy atom. The minimum absolute atomic E-state index is 0. The third-order valence-corrected chi connectivity index (χ3v) is 5.04. The Morgan fingerprint density at radius 2 is 1.64 bits per heavy atom. The number of aromatic nitrogens is 4. The van der Waals surface area contributed by atoms with Gasteiger partial charge in [0.25, 0.3) is 0 Å². The van der Waals surface area contributed by atoms with E-state index in [2.05, 4.69) is 27.2 Å². The van der Waals surface area contributed by atoms with Crippen LogP contribution in [0.4, 0.5) is 8.78 Å². The number of hydrogen-bond donors (Lipinski definition) is 0. The van der Waals surface area contributed by atoms with Gasteiger partial charge in [-0.2, -0.15) is 0 Å². The van der Waals surface area contributed by atoms with Gasteiger partial charge >= 0.3 is 21.1 Å². The van der Waals surface area contributed by atoms with Crippen molar-refractivity contribution in [1.82, 2.24) is 19.5 Å². The standard InChI is InChI=1S/C24H14F2N6.Pt/c1-24(2,19-6-3-5-17(29-19)16-9-10-21(25)31-23(16)26)20-7-4-8-22(30-20)32-12-11-15(13-27)18(32)14-28;/h3-8,10-11H,1-2H3;/q-2;+2. The van der Waals surface area contributed by atoms with Crippen molar-refractivity contribution in [3.8, 4) is 29.2 Å². The summed E-state index contributed by atoms with van der Waals surface area (Å²) >= 11 is 0. The Labute approximate surface area is 203 Å². The number of hydrogen-bond acceptors (Lipinski definition) is 5. The molecule has 164 valence electrons. The van der Waals surface area contributed by atoms with Crippen molar-refractivity contribution < 1.29 is 29.8 Å². The van der Waals surface area contributed by atoms with Gasteiger partial charge in [-0.3, -0.25) is 9.97 Å². The number of halogens is 2. The summed E-state index contributed by atoms with van der Waals surface area (Å²) in [6, 6.07) is 19.3. The molecule has 0 atom stereocenters. The summed E-state index contributed by atoms with van der Waals surface area (Å²) in [4.78, 5) is 12.4. The monoisotopic (exact) mass is 619 g/mol. The molecule has 0 aliphatic carbocycles. The van der Waals surface area contributed by atoms with Gasteiger partial charge in [0.1, 0.15) is 11.9 Å². The number of pyridine rings is 3. The van der Waals surface area contributed by atoms with Crippen LogP contribution < -0.4 is 0 Å². The molecule has 4 rings (SSSR count). The Morgan fingerprint density at radius 1 is 0.939 bits per heavy atom. The molecule has 33 heavy (non-hydrogen) atoms. The third-order valence-electron chi connectivity index (χ3n) is 5.04. The fraction of sp³-hybridized carbons (Fsp3) is 0.125. The molecule has 0 aromatic carbocycles. The summed E-state index contributed by atoms with van der Waals surface area (Å²) in [6.07, 6.45) is 2.86. The van der Waals surface area contributed by atoms with Gasteiger partial charge in [0.15, 0.2) is 0 Å². The Kier molecular flexibility index (Phi) is 6.81. The first-order valence-electron chi connectivity index (χ1n) is 9.48. The van der Waals surface area contributed by atoms with Gasteiger partial charge in [-0.25, -0.2) is 19.3 Å². The average molecular weight is 619 g/mol. The number of nitrogens with zero attached hydrogens (tertiary/aromatic N) is 6. The largest absolute Gasteiger partial charge is 2.00 e. The SMILES string of the molecule is CC(C)(c1cccc(-c2[c-]cc(F)nc2F)n1)c1cccc(-n2[c-]cc(C#N)c2C#N)n1.[Pt+2]. The summed E-state index contributed by atoms with van der Waals surface area (Å²) in [6.45, 7) is 3.80. The zero-order valence-corrected chi connectivity index (χ0v) is 19.6. The molecule has 6 nitrogen and oxygen atoms in total. The van der Waals surface area contributed by atoms with Gasteiger partial charge in [-0.1, -0.05) is 42.1 Å². The number of rotatable bonds is 4. The fourth-order valence-corrected chi connectivity index (χ4v) is 3.26. The quantitative estimate of drug-likeness (QED) is 0.252. The molecule has 0 unspecified atom stereocenters. The summed E-state index contributed by atoms with van der Waals surface area (Å²) < 4.78 is 28.7. The van der Waals surface area contributed by atoms with E-state index in [1.165, 1.54) is 10.6 Å². The van der Waals surface area contributed by atoms with E-state index in [4.69, 9.17) is 0 Å². The van der Waals surface area contributed by atoms with Gasteiger partial charge in [-0.05, 0) is 37.2 Å². The van der Waals surface area contributed by atoms with Crippen molar-refractivity contribution in [2.24, 2.45) is 0 Å². The maximum absolute atomic E-state index is 14.1. The van der Waals surface area contributed by atoms with Gasteiger partial charge in [-0.15, -0.1) is 12.1 Å². The molecule has 0 saturated carbocycles. The smallest absolute Gasteiger partial charge is 0.420 e. The van der Waals surface area contributed by atoms with Gasteiger partial charge in [0, 0.05) is 28.6 Å². The molecule has 9 heteroatoms. The third kappa shape index (κ3) is 4.44. The van der Waals surface area contributed by atoms with Gasteiger partial charge in [0.2, 0.25) is 0 Å². The number of nitriles is 2. The molecule has 0 saturated heterocycles. The predicted octanol–water partition coefficient (Wildman–Crippen LogP) is 4.27. The van der Waals surface area contributed by atoms with Crippen LogP contribution in [0.2, 0.25) is 0 Å². The molecule has 4 heterocycles. The average Bonchev–Trinajstić information content (AvgIpc) is 3.22. The van der Waals surface area contributed by atoms with E-state index in [9.17, 15) is 19.3 Å². The van der Waals surface area contributed by atoms with Crippen LogP contribution >= 0.6 is 0 Å². The molecule has 0 amide bonds. The summed E-state index contributed by atoms with van der Waals surface area (Å²) in [5, 5.41) is 18.6. The maximum Gasteiger partial charge on any atom is 2.00 e. The van der Waals surface area contributed by atoms with Crippen LogP contribution in [0, 0.1) is 46.8 Å². The molecular weight excluding hydrogens is 605 g/mol. The van der Waals surface area contributed by atoms with E-state index in [1.807, 2.05) is 32.1 Å². The summed E-state index contributed by atoms with van der Waals surface area (Å²) in [5.74, 6) is -1.53.